The monoisotopic (exact) mass is 316 g/mol. The molecule has 0 heterocycles. The molecule has 1 aromatic carbocycles. The predicted octanol–water partition coefficient (Wildman–Crippen LogP) is 3.42. The first kappa shape index (κ1) is 17.1. The van der Waals surface area contributed by atoms with E-state index in [1.165, 1.54) is 6.92 Å². The van der Waals surface area contributed by atoms with Gasteiger partial charge in [0.15, 0.2) is 5.12 Å². The van der Waals surface area contributed by atoms with Crippen molar-refractivity contribution in [3.05, 3.63) is 34.9 Å². The van der Waals surface area contributed by atoms with Gasteiger partial charge in [-0.3, -0.25) is 4.79 Å². The molecule has 0 aliphatic carbocycles. The molecule has 0 spiro atoms. The summed E-state index contributed by atoms with van der Waals surface area (Å²) in [5.74, 6) is 4.07. The summed E-state index contributed by atoms with van der Waals surface area (Å²) in [7, 11) is 0. The molecule has 0 fully saturated rings. The largest absolute Gasteiger partial charge is 0.478 e. The van der Waals surface area contributed by atoms with Crippen molar-refractivity contribution in [2.75, 3.05) is 5.75 Å². The van der Waals surface area contributed by atoms with Gasteiger partial charge >= 0.3 is 12.1 Å². The van der Waals surface area contributed by atoms with Crippen molar-refractivity contribution in [2.45, 2.75) is 19.5 Å². The van der Waals surface area contributed by atoms with E-state index in [0.717, 1.165) is 17.8 Å². The number of carboxylic acids is 1. The SMILES string of the molecule is CC(=O)SCCC#Cc1cc(C(F)(F)F)ccc1C(=O)O. The Hall–Kier alpha value is -1.94. The molecule has 0 bridgehead atoms. The van der Waals surface area contributed by atoms with Gasteiger partial charge in [-0.2, -0.15) is 13.2 Å². The van der Waals surface area contributed by atoms with Gasteiger partial charge in [-0.1, -0.05) is 23.6 Å². The molecule has 0 aromatic heterocycles. The highest BCUT2D eigenvalue weighted by Gasteiger charge is 2.31. The average Bonchev–Trinajstić information content (AvgIpc) is 2.36. The van der Waals surface area contributed by atoms with Crippen molar-refractivity contribution >= 4 is 22.8 Å². The molecule has 0 atom stereocenters. The third-order valence-corrected chi connectivity index (χ3v) is 3.15. The van der Waals surface area contributed by atoms with Crippen LogP contribution in [-0.2, 0) is 11.0 Å². The number of rotatable bonds is 3. The maximum absolute atomic E-state index is 12.6. The second-order valence-corrected chi connectivity index (χ2v) is 5.23. The van der Waals surface area contributed by atoms with E-state index < -0.39 is 17.7 Å². The number of carbonyl (C=O) groups is 2. The molecule has 21 heavy (non-hydrogen) atoms. The Balaban J connectivity index is 3.00. The lowest BCUT2D eigenvalue weighted by Crippen LogP contribution is -2.08. The molecule has 0 aliphatic heterocycles. The fourth-order valence-electron chi connectivity index (χ4n) is 1.41. The minimum atomic E-state index is -4.56. The van der Waals surface area contributed by atoms with Gasteiger partial charge in [0.1, 0.15) is 0 Å². The number of carbonyl (C=O) groups excluding carboxylic acids is 1. The molecular formula is C14H11F3O3S. The highest BCUT2D eigenvalue weighted by Crippen LogP contribution is 2.30. The maximum atomic E-state index is 12.6. The molecule has 0 saturated heterocycles. The first-order chi connectivity index (χ1) is 9.71. The van der Waals surface area contributed by atoms with E-state index in [4.69, 9.17) is 5.11 Å². The Morgan fingerprint density at radius 3 is 2.52 bits per heavy atom. The molecule has 0 saturated carbocycles. The van der Waals surface area contributed by atoms with E-state index in [1.54, 1.807) is 0 Å². The van der Waals surface area contributed by atoms with E-state index in [0.29, 0.717) is 17.9 Å². The van der Waals surface area contributed by atoms with Crippen LogP contribution in [0.5, 0.6) is 0 Å². The number of thioether (sulfide) groups is 1. The Bertz CT molecular complexity index is 612. The summed E-state index contributed by atoms with van der Waals surface area (Å²) < 4.78 is 37.8. The molecule has 112 valence electrons. The van der Waals surface area contributed by atoms with Crippen molar-refractivity contribution in [1.82, 2.24) is 0 Å². The first-order valence-corrected chi connectivity index (χ1v) is 6.77. The molecule has 1 aromatic rings. The van der Waals surface area contributed by atoms with E-state index in [2.05, 4.69) is 11.8 Å². The average molecular weight is 316 g/mol. The first-order valence-electron chi connectivity index (χ1n) is 5.78. The van der Waals surface area contributed by atoms with Crippen LogP contribution in [0, 0.1) is 11.8 Å². The lowest BCUT2D eigenvalue weighted by molar-refractivity contribution is -0.137. The zero-order valence-electron chi connectivity index (χ0n) is 11.0. The molecule has 1 rings (SSSR count). The van der Waals surface area contributed by atoms with E-state index in [1.807, 2.05) is 0 Å². The van der Waals surface area contributed by atoms with Gasteiger partial charge in [-0.05, 0) is 18.2 Å². The second-order valence-electron chi connectivity index (χ2n) is 3.96. The van der Waals surface area contributed by atoms with E-state index in [-0.39, 0.29) is 22.7 Å². The van der Waals surface area contributed by atoms with Crippen LogP contribution in [-0.4, -0.2) is 21.9 Å². The Morgan fingerprint density at radius 1 is 1.33 bits per heavy atom. The van der Waals surface area contributed by atoms with Crippen molar-refractivity contribution in [1.29, 1.82) is 0 Å². The summed E-state index contributed by atoms with van der Waals surface area (Å²) in [6.45, 7) is 1.40. The fourth-order valence-corrected chi connectivity index (χ4v) is 1.91. The van der Waals surface area contributed by atoms with Crippen LogP contribution in [0.4, 0.5) is 13.2 Å². The third-order valence-electron chi connectivity index (χ3n) is 2.33. The van der Waals surface area contributed by atoms with Crippen LogP contribution in [0.3, 0.4) is 0 Å². The van der Waals surface area contributed by atoms with Crippen molar-refractivity contribution < 1.29 is 27.9 Å². The normalized spacial score (nSPS) is 10.7. The Labute approximate surface area is 123 Å². The van der Waals surface area contributed by atoms with Gasteiger partial charge in [-0.25, -0.2) is 4.79 Å². The molecule has 0 radical (unpaired) electrons. The molecular weight excluding hydrogens is 305 g/mol. The van der Waals surface area contributed by atoms with Crippen LogP contribution in [0.1, 0.15) is 34.8 Å². The van der Waals surface area contributed by atoms with Gasteiger partial charge in [0.2, 0.25) is 0 Å². The minimum Gasteiger partial charge on any atom is -0.478 e. The number of halogens is 3. The molecule has 7 heteroatoms. The number of hydrogen-bond donors (Lipinski definition) is 1. The summed E-state index contributed by atoms with van der Waals surface area (Å²) in [4.78, 5) is 21.7. The topological polar surface area (TPSA) is 54.4 Å². The third kappa shape index (κ3) is 5.52. The van der Waals surface area contributed by atoms with Gasteiger partial charge in [-0.15, -0.1) is 0 Å². The second kappa shape index (κ2) is 7.18. The van der Waals surface area contributed by atoms with Crippen LogP contribution >= 0.6 is 11.8 Å². The predicted molar refractivity (Wildman–Crippen MR) is 73.0 cm³/mol. The lowest BCUT2D eigenvalue weighted by Gasteiger charge is -2.08. The molecule has 0 aliphatic rings. The fraction of sp³-hybridized carbons (Fsp3) is 0.286. The van der Waals surface area contributed by atoms with Crippen LogP contribution in [0.15, 0.2) is 18.2 Å². The number of hydrogen-bond acceptors (Lipinski definition) is 3. The van der Waals surface area contributed by atoms with Gasteiger partial charge in [0, 0.05) is 24.7 Å². The standard InChI is InChI=1S/C14H11F3O3S/c1-9(18)21-7-3-2-4-10-8-11(14(15,16)17)5-6-12(10)13(19)20/h5-6,8H,3,7H2,1H3,(H,19,20). The molecule has 1 N–H and O–H groups in total. The van der Waals surface area contributed by atoms with Gasteiger partial charge in [0.05, 0.1) is 11.1 Å². The summed E-state index contributed by atoms with van der Waals surface area (Å²) >= 11 is 1.05. The van der Waals surface area contributed by atoms with Gasteiger partial charge < -0.3 is 5.11 Å². The molecule has 0 amide bonds. The zero-order chi connectivity index (χ0) is 16.0. The number of aromatic carboxylic acids is 1. The van der Waals surface area contributed by atoms with Crippen molar-refractivity contribution in [3.63, 3.8) is 0 Å². The van der Waals surface area contributed by atoms with E-state index >= 15 is 0 Å². The van der Waals surface area contributed by atoms with Crippen LogP contribution in [0.2, 0.25) is 0 Å². The summed E-state index contributed by atoms with van der Waals surface area (Å²) in [5, 5.41) is 8.86. The summed E-state index contributed by atoms with van der Waals surface area (Å²) in [5.41, 5.74) is -1.42. The van der Waals surface area contributed by atoms with Crippen molar-refractivity contribution in [3.8, 4) is 11.8 Å². The summed E-state index contributed by atoms with van der Waals surface area (Å²) in [6.07, 6.45) is -4.28. The van der Waals surface area contributed by atoms with E-state index in [9.17, 15) is 22.8 Å². The Morgan fingerprint density at radius 2 is 2.00 bits per heavy atom. The van der Waals surface area contributed by atoms with Crippen molar-refractivity contribution in [2.24, 2.45) is 0 Å². The number of alkyl halides is 3. The zero-order valence-corrected chi connectivity index (χ0v) is 11.8. The lowest BCUT2D eigenvalue weighted by atomic mass is 10.0. The quantitative estimate of drug-likeness (QED) is 0.686. The summed E-state index contributed by atoms with van der Waals surface area (Å²) in [6, 6.07) is 2.31. The van der Waals surface area contributed by atoms with Crippen LogP contribution in [0.25, 0.3) is 0 Å². The van der Waals surface area contributed by atoms with Gasteiger partial charge in [0.25, 0.3) is 0 Å². The maximum Gasteiger partial charge on any atom is 0.416 e. The Kier molecular flexibility index (Phi) is 5.85. The smallest absolute Gasteiger partial charge is 0.416 e. The number of benzene rings is 1. The minimum absolute atomic E-state index is 0.0814. The molecule has 0 unspecified atom stereocenters. The highest BCUT2D eigenvalue weighted by molar-refractivity contribution is 8.13. The van der Waals surface area contributed by atoms with Crippen LogP contribution < -0.4 is 0 Å². The number of carboxylic acid groups (broad SMARTS) is 1. The molecule has 3 nitrogen and oxygen atoms in total. The highest BCUT2D eigenvalue weighted by atomic mass is 32.2.